The lowest BCUT2D eigenvalue weighted by Crippen LogP contribution is -2.22. The summed E-state index contributed by atoms with van der Waals surface area (Å²) in [5, 5.41) is 30.8. The maximum atomic E-state index is 13.3. The quantitative estimate of drug-likeness (QED) is 0.211. The molecular weight excluding hydrogens is 431 g/mol. The molecule has 0 aliphatic rings. The number of carbonyl (C=O) groups is 1. The molecule has 0 radical (unpaired) electrons. The van der Waals surface area contributed by atoms with E-state index in [1.54, 1.807) is 16.8 Å². The topological polar surface area (TPSA) is 125 Å². The molecule has 3 aromatic rings. The van der Waals surface area contributed by atoms with Gasteiger partial charge >= 0.3 is 6.03 Å². The van der Waals surface area contributed by atoms with Crippen LogP contribution in [0.3, 0.4) is 0 Å². The van der Waals surface area contributed by atoms with Crippen LogP contribution < -0.4 is 16.0 Å². The first-order valence-corrected chi connectivity index (χ1v) is 8.67. The number of halogens is 2. The van der Waals surface area contributed by atoms with Crippen LogP contribution in [0.2, 0.25) is 0 Å². The Hall–Kier alpha value is -2.99. The Kier molecular flexibility index (Phi) is 5.43. The second kappa shape index (κ2) is 7.93. The van der Waals surface area contributed by atoms with Crippen molar-refractivity contribution in [3.63, 3.8) is 0 Å². The molecule has 0 bridgehead atoms. The molecule has 134 valence electrons. The zero-order valence-electron chi connectivity index (χ0n) is 12.7. The van der Waals surface area contributed by atoms with Crippen LogP contribution in [0.25, 0.3) is 0 Å². The van der Waals surface area contributed by atoms with E-state index in [1.165, 1.54) is 29.5 Å². The highest BCUT2D eigenvalue weighted by Crippen LogP contribution is 2.21. The summed E-state index contributed by atoms with van der Waals surface area (Å²) < 4.78 is 18.1. The van der Waals surface area contributed by atoms with Gasteiger partial charge in [0.05, 0.1) is 10.2 Å². The molecule has 0 saturated heterocycles. The summed E-state index contributed by atoms with van der Waals surface area (Å²) in [6.45, 7) is 0. The lowest BCUT2D eigenvalue weighted by atomic mass is 10.3. The molecule has 0 atom stereocenters. The first-order chi connectivity index (χ1) is 12.6. The highest BCUT2D eigenvalue weighted by Gasteiger charge is 2.20. The number of anilines is 3. The Morgan fingerprint density at radius 2 is 2.08 bits per heavy atom. The highest BCUT2D eigenvalue weighted by atomic mass is 79.9. The second-order valence-electron chi connectivity index (χ2n) is 4.76. The Labute approximate surface area is 158 Å². The fourth-order valence-corrected chi connectivity index (χ4v) is 2.84. The Morgan fingerprint density at radius 1 is 1.23 bits per heavy atom. The molecule has 3 rings (SSSR count). The molecule has 0 unspecified atom stereocenters. The third-order valence-corrected chi connectivity index (χ3v) is 4.30. The molecule has 4 N–H and O–H groups in total. The molecule has 26 heavy (non-hydrogen) atoms. The molecule has 1 aromatic carbocycles. The summed E-state index contributed by atoms with van der Waals surface area (Å²) in [5.41, 5.74) is 0.965. The zero-order valence-corrected chi connectivity index (χ0v) is 15.1. The van der Waals surface area contributed by atoms with Gasteiger partial charge in [-0.3, -0.25) is 5.32 Å². The fourth-order valence-electron chi connectivity index (χ4n) is 1.87. The maximum absolute atomic E-state index is 13.3. The molecule has 9 nitrogen and oxygen atoms in total. The molecule has 2 amide bonds. The van der Waals surface area contributed by atoms with Gasteiger partial charge in [0.15, 0.2) is 5.69 Å². The van der Waals surface area contributed by atoms with Crippen LogP contribution in [0.15, 0.2) is 49.3 Å². The minimum atomic E-state index is -0.581. The van der Waals surface area contributed by atoms with Crippen molar-refractivity contribution in [2.24, 2.45) is 5.16 Å². The highest BCUT2D eigenvalue weighted by molar-refractivity contribution is 9.10. The summed E-state index contributed by atoms with van der Waals surface area (Å²) >= 11 is 4.48. The van der Waals surface area contributed by atoms with E-state index >= 15 is 0 Å². The van der Waals surface area contributed by atoms with Gasteiger partial charge in [-0.25, -0.2) is 13.8 Å². The zero-order chi connectivity index (χ0) is 18.5. The number of amidine groups is 1. The van der Waals surface area contributed by atoms with Crippen molar-refractivity contribution in [3.8, 4) is 0 Å². The SMILES string of the molecule is O=C(Nc1ccsc1)Nc1nonc1/C(=N/O)Nc1ccc(F)c(Br)c1. The number of carbonyl (C=O) groups excluding carboxylic acids is 1. The standard InChI is InChI=1S/C14H10BrFN6O3S/c15-9-5-7(1-2-10(9)16)17-12(20-24)11-13(22-25-21-11)19-14(23)18-8-3-4-26-6-8/h1-6,24H,(H,17,20)(H2,18,19,22,23). The molecule has 12 heteroatoms. The lowest BCUT2D eigenvalue weighted by Gasteiger charge is -2.08. The van der Waals surface area contributed by atoms with E-state index in [2.05, 4.69) is 52.0 Å². The molecule has 0 saturated carbocycles. The number of urea groups is 1. The Balaban J connectivity index is 1.74. The summed E-state index contributed by atoms with van der Waals surface area (Å²) in [5.74, 6) is -0.677. The predicted octanol–water partition coefficient (Wildman–Crippen LogP) is 3.92. The summed E-state index contributed by atoms with van der Waals surface area (Å²) in [6.07, 6.45) is 0. The van der Waals surface area contributed by atoms with Gasteiger partial charge in [-0.15, -0.1) is 0 Å². The summed E-state index contributed by atoms with van der Waals surface area (Å²) in [4.78, 5) is 12.0. The molecular formula is C14H10BrFN6O3S. The molecule has 0 aliphatic carbocycles. The van der Waals surface area contributed by atoms with E-state index in [0.29, 0.717) is 11.4 Å². The number of rotatable bonds is 4. The largest absolute Gasteiger partial charge is 0.409 e. The van der Waals surface area contributed by atoms with Crippen LogP contribution in [0, 0.1) is 5.82 Å². The smallest absolute Gasteiger partial charge is 0.325 e. The van der Waals surface area contributed by atoms with Gasteiger partial charge in [-0.05, 0) is 55.9 Å². The molecule has 0 fully saturated rings. The average molecular weight is 441 g/mol. The van der Waals surface area contributed by atoms with E-state index < -0.39 is 11.8 Å². The van der Waals surface area contributed by atoms with Crippen LogP contribution >= 0.6 is 27.3 Å². The van der Waals surface area contributed by atoms with Crippen LogP contribution in [-0.2, 0) is 0 Å². The monoisotopic (exact) mass is 440 g/mol. The van der Waals surface area contributed by atoms with E-state index in [1.807, 2.05) is 0 Å². The van der Waals surface area contributed by atoms with Crippen LogP contribution in [0.5, 0.6) is 0 Å². The Morgan fingerprint density at radius 3 is 2.77 bits per heavy atom. The van der Waals surface area contributed by atoms with Gasteiger partial charge in [0.25, 0.3) is 0 Å². The third-order valence-electron chi connectivity index (χ3n) is 3.01. The van der Waals surface area contributed by atoms with E-state index in [0.717, 1.165) is 0 Å². The summed E-state index contributed by atoms with van der Waals surface area (Å²) in [6, 6.07) is 5.22. The second-order valence-corrected chi connectivity index (χ2v) is 6.39. The van der Waals surface area contributed by atoms with Crippen molar-refractivity contribution >= 4 is 56.3 Å². The van der Waals surface area contributed by atoms with E-state index in [-0.39, 0.29) is 21.8 Å². The molecule has 2 aromatic heterocycles. The van der Waals surface area contributed by atoms with Gasteiger partial charge in [-0.2, -0.15) is 11.3 Å². The third kappa shape index (κ3) is 4.15. The van der Waals surface area contributed by atoms with Gasteiger partial charge < -0.3 is 15.8 Å². The van der Waals surface area contributed by atoms with Crippen molar-refractivity contribution in [2.75, 3.05) is 16.0 Å². The van der Waals surface area contributed by atoms with Crippen molar-refractivity contribution in [1.29, 1.82) is 0 Å². The lowest BCUT2D eigenvalue weighted by molar-refractivity contribution is 0.261. The minimum absolute atomic E-state index is 0.0478. The first kappa shape index (κ1) is 17.8. The van der Waals surface area contributed by atoms with Crippen LogP contribution in [0.4, 0.5) is 26.4 Å². The number of aromatic nitrogens is 2. The fraction of sp³-hybridized carbons (Fsp3) is 0. The van der Waals surface area contributed by atoms with Crippen molar-refractivity contribution in [3.05, 3.63) is 51.0 Å². The van der Waals surface area contributed by atoms with Gasteiger partial charge in [0.2, 0.25) is 11.7 Å². The predicted molar refractivity (Wildman–Crippen MR) is 97.3 cm³/mol. The van der Waals surface area contributed by atoms with Gasteiger partial charge in [0.1, 0.15) is 5.82 Å². The maximum Gasteiger partial charge on any atom is 0.325 e. The van der Waals surface area contributed by atoms with E-state index in [9.17, 15) is 14.4 Å². The first-order valence-electron chi connectivity index (χ1n) is 6.94. The number of thiophene rings is 1. The minimum Gasteiger partial charge on any atom is -0.409 e. The number of amides is 2. The number of nitrogens with one attached hydrogen (secondary N) is 3. The van der Waals surface area contributed by atoms with E-state index in [4.69, 9.17) is 0 Å². The van der Waals surface area contributed by atoms with Gasteiger partial charge in [0, 0.05) is 11.1 Å². The number of hydrogen-bond acceptors (Lipinski definition) is 7. The van der Waals surface area contributed by atoms with Crippen LogP contribution in [0.1, 0.15) is 5.69 Å². The molecule has 2 heterocycles. The number of nitrogens with zero attached hydrogens (tertiary/aromatic N) is 3. The molecule has 0 spiro atoms. The number of hydrogen-bond donors (Lipinski definition) is 4. The van der Waals surface area contributed by atoms with Crippen molar-refractivity contribution in [1.82, 2.24) is 10.3 Å². The normalized spacial score (nSPS) is 11.2. The van der Waals surface area contributed by atoms with Crippen molar-refractivity contribution < 1.29 is 19.0 Å². The number of oxime groups is 1. The van der Waals surface area contributed by atoms with Gasteiger partial charge in [-0.1, -0.05) is 5.16 Å². The van der Waals surface area contributed by atoms with Crippen LogP contribution in [-0.4, -0.2) is 27.4 Å². The van der Waals surface area contributed by atoms with Crippen molar-refractivity contribution in [2.45, 2.75) is 0 Å². The average Bonchev–Trinajstić information content (AvgIpc) is 3.28. The molecule has 0 aliphatic heterocycles. The Bertz CT molecular complexity index is 946. The number of benzene rings is 1. The summed E-state index contributed by atoms with van der Waals surface area (Å²) in [7, 11) is 0.